The lowest BCUT2D eigenvalue weighted by molar-refractivity contribution is -0.116. The number of aromatic nitrogens is 2. The van der Waals surface area contributed by atoms with Gasteiger partial charge in [0, 0.05) is 11.1 Å². The molecule has 1 N–H and O–H groups in total. The summed E-state index contributed by atoms with van der Waals surface area (Å²) in [6, 6.07) is 2.31. The van der Waals surface area contributed by atoms with Crippen molar-refractivity contribution in [2.75, 3.05) is 5.32 Å². The Hall–Kier alpha value is -1.65. The monoisotopic (exact) mass is 434 g/mol. The average molecular weight is 435 g/mol. The van der Waals surface area contributed by atoms with Crippen LogP contribution in [0.2, 0.25) is 0 Å². The number of carbonyl (C=O) groups is 1. The van der Waals surface area contributed by atoms with Gasteiger partial charge in [-0.05, 0) is 59.0 Å². The number of nitrogens with one attached hydrogen (secondary N) is 1. The number of rotatable bonds is 3. The van der Waals surface area contributed by atoms with Crippen molar-refractivity contribution in [2.24, 2.45) is 11.3 Å². The summed E-state index contributed by atoms with van der Waals surface area (Å²) in [4.78, 5) is 13.7. The van der Waals surface area contributed by atoms with E-state index < -0.39 is 0 Å². The molecule has 1 atom stereocenters. The number of nitrogens with zero attached hydrogens (tertiary/aromatic N) is 3. The van der Waals surface area contributed by atoms with Crippen LogP contribution < -0.4 is 5.32 Å². The number of fused-ring (bicyclic) bond motifs is 1. The molecular formula is C19H23BrN4OS. The number of amides is 1. The van der Waals surface area contributed by atoms with Crippen LogP contribution in [-0.2, 0) is 24.2 Å². The summed E-state index contributed by atoms with van der Waals surface area (Å²) in [5.41, 5.74) is 2.87. The standard InChI is InChI=1S/C19H23BrN4OS/c1-11-15(20)9-24(23-11)10-17(25)22-18-14(8-21)13-6-5-12(19(2,3)4)7-16(13)26-18/h9,12H,5-7,10H2,1-4H3,(H,22,25)/t12-/m1/s1. The van der Waals surface area contributed by atoms with Crippen molar-refractivity contribution in [3.05, 3.63) is 32.4 Å². The smallest absolute Gasteiger partial charge is 0.246 e. The van der Waals surface area contributed by atoms with Crippen molar-refractivity contribution in [1.29, 1.82) is 5.26 Å². The first-order chi connectivity index (χ1) is 12.2. The Morgan fingerprint density at radius 1 is 1.54 bits per heavy atom. The number of hydrogen-bond donors (Lipinski definition) is 1. The second kappa shape index (κ2) is 7.16. The fourth-order valence-electron chi connectivity index (χ4n) is 3.42. The zero-order valence-electron chi connectivity index (χ0n) is 15.5. The van der Waals surface area contributed by atoms with Gasteiger partial charge in [0.1, 0.15) is 17.6 Å². The van der Waals surface area contributed by atoms with E-state index in [1.807, 2.05) is 6.92 Å². The lowest BCUT2D eigenvalue weighted by Gasteiger charge is -2.33. The fraction of sp³-hybridized carbons (Fsp3) is 0.526. The second-order valence-electron chi connectivity index (χ2n) is 7.93. The van der Waals surface area contributed by atoms with Crippen LogP contribution >= 0.6 is 27.3 Å². The fourth-order valence-corrected chi connectivity index (χ4v) is 5.03. The largest absolute Gasteiger partial charge is 0.315 e. The summed E-state index contributed by atoms with van der Waals surface area (Å²) in [6.07, 6.45) is 4.78. The van der Waals surface area contributed by atoms with Crippen LogP contribution in [0.15, 0.2) is 10.7 Å². The predicted octanol–water partition coefficient (Wildman–Crippen LogP) is 4.68. The molecule has 0 fully saturated rings. The topological polar surface area (TPSA) is 70.7 Å². The first-order valence-corrected chi connectivity index (χ1v) is 10.3. The Morgan fingerprint density at radius 2 is 2.27 bits per heavy atom. The Kier molecular flexibility index (Phi) is 5.27. The Balaban J connectivity index is 1.78. The molecule has 0 saturated heterocycles. The highest BCUT2D eigenvalue weighted by Gasteiger charge is 2.32. The van der Waals surface area contributed by atoms with E-state index >= 15 is 0 Å². The summed E-state index contributed by atoms with van der Waals surface area (Å²) >= 11 is 4.96. The van der Waals surface area contributed by atoms with E-state index in [2.05, 4.69) is 53.2 Å². The number of anilines is 1. The minimum Gasteiger partial charge on any atom is -0.315 e. The van der Waals surface area contributed by atoms with Crippen molar-refractivity contribution in [3.63, 3.8) is 0 Å². The number of nitriles is 1. The molecule has 0 saturated carbocycles. The van der Waals surface area contributed by atoms with Gasteiger partial charge in [-0.25, -0.2) is 0 Å². The molecule has 2 heterocycles. The van der Waals surface area contributed by atoms with Crippen molar-refractivity contribution in [1.82, 2.24) is 9.78 Å². The molecule has 5 nitrogen and oxygen atoms in total. The maximum atomic E-state index is 12.4. The SMILES string of the molecule is Cc1nn(CC(=O)Nc2sc3c(c2C#N)CC[C@@H](C(C)(C)C)C3)cc1Br. The molecule has 1 aliphatic carbocycles. The molecule has 2 aromatic rings. The molecule has 1 amide bonds. The van der Waals surface area contributed by atoms with Crippen LogP contribution in [0.4, 0.5) is 5.00 Å². The average Bonchev–Trinajstić information content (AvgIpc) is 3.04. The van der Waals surface area contributed by atoms with Gasteiger partial charge in [0.2, 0.25) is 5.91 Å². The van der Waals surface area contributed by atoms with Gasteiger partial charge in [-0.15, -0.1) is 11.3 Å². The molecule has 0 radical (unpaired) electrons. The van der Waals surface area contributed by atoms with Crippen molar-refractivity contribution < 1.29 is 4.79 Å². The van der Waals surface area contributed by atoms with E-state index in [1.54, 1.807) is 22.2 Å². The third-order valence-corrected chi connectivity index (χ3v) is 7.00. The van der Waals surface area contributed by atoms with E-state index in [0.717, 1.165) is 35.0 Å². The van der Waals surface area contributed by atoms with Crippen LogP contribution in [0, 0.1) is 29.6 Å². The van der Waals surface area contributed by atoms with E-state index in [9.17, 15) is 10.1 Å². The molecule has 7 heteroatoms. The maximum absolute atomic E-state index is 12.4. The van der Waals surface area contributed by atoms with Crippen molar-refractivity contribution in [3.8, 4) is 6.07 Å². The lowest BCUT2D eigenvalue weighted by atomic mass is 9.72. The summed E-state index contributed by atoms with van der Waals surface area (Å²) in [5.74, 6) is 0.440. The van der Waals surface area contributed by atoms with E-state index in [4.69, 9.17) is 0 Å². The van der Waals surface area contributed by atoms with Crippen LogP contribution in [0.3, 0.4) is 0 Å². The Morgan fingerprint density at radius 3 is 2.85 bits per heavy atom. The molecule has 0 aliphatic heterocycles. The summed E-state index contributed by atoms with van der Waals surface area (Å²) in [5, 5.41) is 17.5. The molecule has 138 valence electrons. The van der Waals surface area contributed by atoms with Crippen molar-refractivity contribution >= 4 is 38.2 Å². The maximum Gasteiger partial charge on any atom is 0.246 e. The third kappa shape index (κ3) is 3.86. The van der Waals surface area contributed by atoms with Crippen molar-refractivity contribution in [2.45, 2.75) is 53.5 Å². The van der Waals surface area contributed by atoms with Gasteiger partial charge in [0.05, 0.1) is 15.7 Å². The molecule has 0 spiro atoms. The van der Waals surface area contributed by atoms with Gasteiger partial charge in [0.15, 0.2) is 0 Å². The van der Waals surface area contributed by atoms with Gasteiger partial charge in [0.25, 0.3) is 0 Å². The number of halogens is 1. The molecule has 0 unspecified atom stereocenters. The Labute approximate surface area is 166 Å². The van der Waals surface area contributed by atoms with Crippen LogP contribution in [0.1, 0.15) is 48.9 Å². The zero-order chi connectivity index (χ0) is 19.1. The minimum absolute atomic E-state index is 0.129. The molecule has 26 heavy (non-hydrogen) atoms. The first-order valence-electron chi connectivity index (χ1n) is 8.73. The number of aryl methyl sites for hydroxylation is 1. The van der Waals surface area contributed by atoms with Gasteiger partial charge < -0.3 is 5.32 Å². The molecular weight excluding hydrogens is 412 g/mol. The van der Waals surface area contributed by atoms with Crippen LogP contribution in [0.5, 0.6) is 0 Å². The van der Waals surface area contributed by atoms with Gasteiger partial charge in [-0.2, -0.15) is 10.4 Å². The summed E-state index contributed by atoms with van der Waals surface area (Å²) < 4.78 is 2.48. The number of thiophene rings is 1. The molecule has 0 bridgehead atoms. The number of hydrogen-bond acceptors (Lipinski definition) is 4. The summed E-state index contributed by atoms with van der Waals surface area (Å²) in [6.45, 7) is 8.83. The highest BCUT2D eigenvalue weighted by atomic mass is 79.9. The normalized spacial score (nSPS) is 16.8. The molecule has 2 aromatic heterocycles. The first kappa shape index (κ1) is 19.1. The second-order valence-corrected chi connectivity index (χ2v) is 9.89. The lowest BCUT2D eigenvalue weighted by Crippen LogP contribution is -2.26. The highest BCUT2D eigenvalue weighted by molar-refractivity contribution is 9.10. The molecule has 0 aromatic carbocycles. The predicted molar refractivity (Wildman–Crippen MR) is 107 cm³/mol. The van der Waals surface area contributed by atoms with Crippen LogP contribution in [0.25, 0.3) is 0 Å². The van der Waals surface area contributed by atoms with Gasteiger partial charge in [-0.1, -0.05) is 20.8 Å². The van der Waals surface area contributed by atoms with E-state index in [0.29, 0.717) is 16.5 Å². The molecule has 1 aliphatic rings. The summed E-state index contributed by atoms with van der Waals surface area (Å²) in [7, 11) is 0. The van der Waals surface area contributed by atoms with Crippen LogP contribution in [-0.4, -0.2) is 15.7 Å². The van der Waals surface area contributed by atoms with Gasteiger partial charge in [-0.3, -0.25) is 9.48 Å². The van der Waals surface area contributed by atoms with Gasteiger partial charge >= 0.3 is 0 Å². The Bertz CT molecular complexity index is 865. The third-order valence-electron chi connectivity index (χ3n) is 5.05. The highest BCUT2D eigenvalue weighted by Crippen LogP contribution is 2.43. The van der Waals surface area contributed by atoms with E-state index in [1.165, 1.54) is 4.88 Å². The zero-order valence-corrected chi connectivity index (χ0v) is 17.9. The quantitative estimate of drug-likeness (QED) is 0.761. The minimum atomic E-state index is -0.164. The number of carbonyl (C=O) groups excluding carboxylic acids is 1. The van der Waals surface area contributed by atoms with E-state index in [-0.39, 0.29) is 17.9 Å². The molecule has 3 rings (SSSR count).